The minimum Gasteiger partial charge on any atom is -0.411 e. The lowest BCUT2D eigenvalue weighted by Gasteiger charge is -2.22. The third-order valence-corrected chi connectivity index (χ3v) is 3.80. The van der Waals surface area contributed by atoms with Crippen LogP contribution < -0.4 is 0 Å². The SMILES string of the molecule is Cc1cc(C)c2c(c1C)C(C)(C)/C(=N\O)C2=O. The van der Waals surface area contributed by atoms with Gasteiger partial charge in [0.05, 0.1) is 0 Å². The van der Waals surface area contributed by atoms with E-state index in [4.69, 9.17) is 5.21 Å². The van der Waals surface area contributed by atoms with E-state index in [1.807, 2.05) is 40.7 Å². The number of nitrogens with zero attached hydrogens (tertiary/aromatic N) is 1. The van der Waals surface area contributed by atoms with E-state index in [1.54, 1.807) is 0 Å². The van der Waals surface area contributed by atoms with Crippen molar-refractivity contribution in [1.29, 1.82) is 0 Å². The van der Waals surface area contributed by atoms with E-state index in [9.17, 15) is 4.79 Å². The number of oxime groups is 1. The molecule has 0 spiro atoms. The van der Waals surface area contributed by atoms with Gasteiger partial charge >= 0.3 is 0 Å². The molecule has 0 atom stereocenters. The molecule has 1 aromatic rings. The highest BCUT2D eigenvalue weighted by Crippen LogP contribution is 2.41. The number of hydrogen-bond acceptors (Lipinski definition) is 3. The van der Waals surface area contributed by atoms with Crippen LogP contribution in [0.3, 0.4) is 0 Å². The van der Waals surface area contributed by atoms with Gasteiger partial charge in [-0.1, -0.05) is 11.2 Å². The maximum atomic E-state index is 12.2. The summed E-state index contributed by atoms with van der Waals surface area (Å²) in [5.41, 5.74) is 4.69. The Bertz CT molecular complexity index is 554. The summed E-state index contributed by atoms with van der Waals surface area (Å²) < 4.78 is 0. The highest BCUT2D eigenvalue weighted by molar-refractivity contribution is 6.52. The Hall–Kier alpha value is -1.64. The first-order valence-corrected chi connectivity index (χ1v) is 5.71. The Morgan fingerprint density at radius 2 is 1.76 bits per heavy atom. The van der Waals surface area contributed by atoms with Crippen molar-refractivity contribution in [3.63, 3.8) is 0 Å². The molecule has 0 aromatic heterocycles. The fraction of sp³-hybridized carbons (Fsp3) is 0.429. The molecular formula is C14H17NO2. The number of carbonyl (C=O) groups excluding carboxylic acids is 1. The lowest BCUT2D eigenvalue weighted by Crippen LogP contribution is -2.27. The van der Waals surface area contributed by atoms with Crippen LogP contribution in [0.2, 0.25) is 0 Å². The molecule has 1 aliphatic rings. The zero-order valence-electron chi connectivity index (χ0n) is 10.9. The van der Waals surface area contributed by atoms with Crippen LogP contribution in [0.15, 0.2) is 11.2 Å². The summed E-state index contributed by atoms with van der Waals surface area (Å²) in [7, 11) is 0. The molecule has 0 fully saturated rings. The van der Waals surface area contributed by atoms with Crippen molar-refractivity contribution >= 4 is 11.5 Å². The van der Waals surface area contributed by atoms with Crippen molar-refractivity contribution in [2.24, 2.45) is 5.16 Å². The Morgan fingerprint density at radius 3 is 2.29 bits per heavy atom. The molecule has 0 radical (unpaired) electrons. The van der Waals surface area contributed by atoms with Gasteiger partial charge in [0.2, 0.25) is 5.78 Å². The zero-order chi connectivity index (χ0) is 13.0. The Morgan fingerprint density at radius 1 is 1.18 bits per heavy atom. The Kier molecular flexibility index (Phi) is 2.38. The second kappa shape index (κ2) is 3.42. The molecule has 0 saturated carbocycles. The van der Waals surface area contributed by atoms with Gasteiger partial charge < -0.3 is 5.21 Å². The van der Waals surface area contributed by atoms with Crippen LogP contribution in [0, 0.1) is 20.8 Å². The van der Waals surface area contributed by atoms with Crippen molar-refractivity contribution < 1.29 is 10.0 Å². The first kappa shape index (κ1) is 11.8. The number of rotatable bonds is 0. The maximum Gasteiger partial charge on any atom is 0.212 e. The number of hydrogen-bond donors (Lipinski definition) is 1. The van der Waals surface area contributed by atoms with Crippen molar-refractivity contribution in [3.05, 3.63) is 33.9 Å². The number of carbonyl (C=O) groups is 1. The molecule has 1 aliphatic carbocycles. The summed E-state index contributed by atoms with van der Waals surface area (Å²) in [6.07, 6.45) is 0. The van der Waals surface area contributed by atoms with E-state index in [2.05, 4.69) is 5.16 Å². The average Bonchev–Trinajstić information content (AvgIpc) is 2.42. The lowest BCUT2D eigenvalue weighted by atomic mass is 9.81. The van der Waals surface area contributed by atoms with E-state index in [1.165, 1.54) is 5.56 Å². The highest BCUT2D eigenvalue weighted by atomic mass is 16.4. The molecule has 2 rings (SSSR count). The third-order valence-electron chi connectivity index (χ3n) is 3.80. The Labute approximate surface area is 101 Å². The fourth-order valence-corrected chi connectivity index (χ4v) is 2.85. The zero-order valence-corrected chi connectivity index (χ0v) is 10.9. The summed E-state index contributed by atoms with van der Waals surface area (Å²) in [5.74, 6) is -0.145. The molecule has 0 heterocycles. The van der Waals surface area contributed by atoms with Crippen LogP contribution >= 0.6 is 0 Å². The van der Waals surface area contributed by atoms with Crippen LogP contribution in [0.25, 0.3) is 0 Å². The second-order valence-corrected chi connectivity index (χ2v) is 5.29. The first-order valence-electron chi connectivity index (χ1n) is 5.71. The number of benzene rings is 1. The van der Waals surface area contributed by atoms with Crippen molar-refractivity contribution in [1.82, 2.24) is 0 Å². The minimum absolute atomic E-state index is 0.145. The average molecular weight is 231 g/mol. The Balaban J connectivity index is 2.91. The van der Waals surface area contributed by atoms with Crippen molar-refractivity contribution in [2.45, 2.75) is 40.0 Å². The standard InChI is InChI=1S/C14H17NO2/c1-7-6-8(2)10-11(9(7)3)14(4,5)13(15-17)12(10)16/h6,17H,1-5H3/b15-13-. The predicted octanol–water partition coefficient (Wildman–Crippen LogP) is 2.92. The van der Waals surface area contributed by atoms with Crippen molar-refractivity contribution in [3.8, 4) is 0 Å². The monoisotopic (exact) mass is 231 g/mol. The fourth-order valence-electron chi connectivity index (χ4n) is 2.85. The van der Waals surface area contributed by atoms with E-state index in [0.29, 0.717) is 5.56 Å². The van der Waals surface area contributed by atoms with Crippen molar-refractivity contribution in [2.75, 3.05) is 0 Å². The van der Waals surface area contributed by atoms with Gasteiger partial charge in [-0.3, -0.25) is 4.79 Å². The van der Waals surface area contributed by atoms with Gasteiger partial charge in [0.25, 0.3) is 0 Å². The molecule has 3 heteroatoms. The number of fused-ring (bicyclic) bond motifs is 1. The predicted molar refractivity (Wildman–Crippen MR) is 67.2 cm³/mol. The van der Waals surface area contributed by atoms with Gasteiger partial charge in [-0.2, -0.15) is 0 Å². The van der Waals surface area contributed by atoms with Gasteiger partial charge in [-0.05, 0) is 56.9 Å². The van der Waals surface area contributed by atoms with Crippen LogP contribution in [0.1, 0.15) is 46.5 Å². The quantitative estimate of drug-likeness (QED) is 0.551. The van der Waals surface area contributed by atoms with E-state index in [0.717, 1.165) is 16.7 Å². The molecule has 17 heavy (non-hydrogen) atoms. The van der Waals surface area contributed by atoms with Crippen LogP contribution in [0.4, 0.5) is 0 Å². The summed E-state index contributed by atoms with van der Waals surface area (Å²) in [5, 5.41) is 12.3. The van der Waals surface area contributed by atoms with Crippen LogP contribution in [-0.2, 0) is 5.41 Å². The van der Waals surface area contributed by atoms with Gasteiger partial charge in [0.15, 0.2) is 0 Å². The molecular weight excluding hydrogens is 214 g/mol. The molecule has 0 unspecified atom stereocenters. The van der Waals surface area contributed by atoms with Gasteiger partial charge in [0, 0.05) is 11.0 Å². The largest absolute Gasteiger partial charge is 0.411 e. The molecule has 3 nitrogen and oxygen atoms in total. The summed E-state index contributed by atoms with van der Waals surface area (Å²) in [6, 6.07) is 2.02. The highest BCUT2D eigenvalue weighted by Gasteiger charge is 2.45. The maximum absolute atomic E-state index is 12.2. The van der Waals surface area contributed by atoms with Gasteiger partial charge in [-0.25, -0.2) is 0 Å². The van der Waals surface area contributed by atoms with E-state index < -0.39 is 5.41 Å². The topological polar surface area (TPSA) is 49.7 Å². The number of ketones is 1. The van der Waals surface area contributed by atoms with E-state index >= 15 is 0 Å². The normalized spacial score (nSPS) is 19.8. The molecule has 0 aliphatic heterocycles. The summed E-state index contributed by atoms with van der Waals surface area (Å²) in [4.78, 5) is 12.2. The molecule has 1 N–H and O–H groups in total. The first-order chi connectivity index (χ1) is 7.82. The molecule has 90 valence electrons. The smallest absolute Gasteiger partial charge is 0.212 e. The summed E-state index contributed by atoms with van der Waals surface area (Å²) in [6.45, 7) is 9.84. The molecule has 0 amide bonds. The number of aryl methyl sites for hydroxylation is 2. The van der Waals surface area contributed by atoms with Crippen LogP contribution in [-0.4, -0.2) is 16.7 Å². The molecule has 0 saturated heterocycles. The lowest BCUT2D eigenvalue weighted by molar-refractivity contribution is 0.106. The number of Topliss-reactive ketones (excluding diaryl/α,β-unsaturated/α-hetero) is 1. The molecule has 1 aromatic carbocycles. The molecule has 0 bridgehead atoms. The minimum atomic E-state index is -0.512. The van der Waals surface area contributed by atoms with Gasteiger partial charge in [-0.15, -0.1) is 0 Å². The third kappa shape index (κ3) is 1.35. The van der Waals surface area contributed by atoms with E-state index in [-0.39, 0.29) is 11.5 Å². The van der Waals surface area contributed by atoms with Crippen LogP contribution in [0.5, 0.6) is 0 Å². The van der Waals surface area contributed by atoms with Gasteiger partial charge in [0.1, 0.15) is 5.71 Å². The summed E-state index contributed by atoms with van der Waals surface area (Å²) >= 11 is 0. The second-order valence-electron chi connectivity index (χ2n) is 5.29.